The lowest BCUT2D eigenvalue weighted by Gasteiger charge is -2.44. The topological polar surface area (TPSA) is 110 Å². The molecule has 1 unspecified atom stereocenters. The summed E-state index contributed by atoms with van der Waals surface area (Å²) in [4.78, 5) is 33.0. The smallest absolute Gasteiger partial charge is 0.387 e. The quantitative estimate of drug-likeness (QED) is 0.112. The number of rotatable bonds is 16. The summed E-state index contributed by atoms with van der Waals surface area (Å²) in [6.45, 7) is 0.0148. The highest BCUT2D eigenvalue weighted by Crippen LogP contribution is 2.38. The van der Waals surface area contributed by atoms with Gasteiger partial charge < -0.3 is 29.0 Å². The van der Waals surface area contributed by atoms with Gasteiger partial charge >= 0.3 is 18.6 Å². The second-order valence-electron chi connectivity index (χ2n) is 14.1. The van der Waals surface area contributed by atoms with E-state index in [1.165, 1.54) is 18.2 Å². The Kier molecular flexibility index (Phi) is 12.2. The van der Waals surface area contributed by atoms with E-state index < -0.39 is 30.7 Å². The molecule has 0 amide bonds. The fraction of sp³-hybridized carbons (Fsp3) is 0.390. The van der Waals surface area contributed by atoms with Gasteiger partial charge in [-0.3, -0.25) is 4.90 Å². The number of piperidine rings is 3. The maximum Gasteiger partial charge on any atom is 0.387 e. The maximum atomic E-state index is 14.0. The number of alkyl halides is 2. The van der Waals surface area contributed by atoms with Crippen LogP contribution in [-0.2, 0) is 20.7 Å². The first-order chi connectivity index (χ1) is 26.6. The molecule has 4 aliphatic rings. The number of nitrogens with zero attached hydrogens (tertiary/aromatic N) is 1. The highest BCUT2D eigenvalue weighted by Gasteiger charge is 2.38. The minimum absolute atomic E-state index is 0.0537. The van der Waals surface area contributed by atoms with Gasteiger partial charge in [-0.2, -0.15) is 8.78 Å². The summed E-state index contributed by atoms with van der Waals surface area (Å²) in [5, 5.41) is 3.93. The van der Waals surface area contributed by atoms with Crippen molar-refractivity contribution < 1.29 is 47.0 Å². The molecule has 4 fully saturated rings. The molecule has 3 aromatic carbocycles. The molecular weight excluding hydrogens is 755 g/mol. The highest BCUT2D eigenvalue weighted by molar-refractivity contribution is 6.35. The van der Waals surface area contributed by atoms with E-state index in [4.69, 9.17) is 46.9 Å². The molecule has 0 spiro atoms. The first kappa shape index (κ1) is 38.6. The molecule has 4 aromatic rings. The van der Waals surface area contributed by atoms with Crippen LogP contribution in [0.4, 0.5) is 14.5 Å². The summed E-state index contributed by atoms with van der Waals surface area (Å²) in [7, 11) is 1.57. The molecule has 55 heavy (non-hydrogen) atoms. The molecule has 1 saturated carbocycles. The van der Waals surface area contributed by atoms with Gasteiger partial charge in [0.1, 0.15) is 28.0 Å². The average Bonchev–Trinajstić information content (AvgIpc) is 4.03. The summed E-state index contributed by atoms with van der Waals surface area (Å²) >= 11 is 13.0. The fourth-order valence-corrected chi connectivity index (χ4v) is 7.58. The van der Waals surface area contributed by atoms with Crippen molar-refractivity contribution in [1.29, 1.82) is 0 Å². The first-order valence-electron chi connectivity index (χ1n) is 18.3. The summed E-state index contributed by atoms with van der Waals surface area (Å²) in [6.07, 6.45) is 5.96. The van der Waals surface area contributed by atoms with Gasteiger partial charge in [0.15, 0.2) is 29.9 Å². The lowest BCUT2D eigenvalue weighted by Crippen LogP contribution is -2.52. The van der Waals surface area contributed by atoms with Crippen molar-refractivity contribution >= 4 is 40.8 Å². The number of esters is 2. The van der Waals surface area contributed by atoms with E-state index in [1.54, 1.807) is 68.0 Å². The maximum absolute atomic E-state index is 14.0. The number of methoxy groups -OCH3 is 1. The van der Waals surface area contributed by atoms with E-state index in [0.717, 1.165) is 38.8 Å². The van der Waals surface area contributed by atoms with Crippen LogP contribution in [0.15, 0.2) is 79.1 Å². The van der Waals surface area contributed by atoms with Crippen LogP contribution in [0.2, 0.25) is 10.0 Å². The number of aromatic amines is 1. The third-order valence-corrected chi connectivity index (χ3v) is 11.0. The van der Waals surface area contributed by atoms with Crippen LogP contribution in [0, 0.1) is 11.8 Å². The predicted octanol–water partition coefficient (Wildman–Crippen LogP) is 8.14. The zero-order chi connectivity index (χ0) is 38.5. The van der Waals surface area contributed by atoms with Crippen molar-refractivity contribution in [3.63, 3.8) is 0 Å². The van der Waals surface area contributed by atoms with E-state index in [2.05, 4.69) is 15.2 Å². The number of fused-ring (bicyclic) bond motifs is 3. The number of hydrogen-bond donors (Lipinski definition) is 1. The highest BCUT2D eigenvalue weighted by atomic mass is 35.5. The molecule has 1 aliphatic carbocycles. The summed E-state index contributed by atoms with van der Waals surface area (Å²) in [6, 6.07) is 17.3. The lowest BCUT2D eigenvalue weighted by molar-refractivity contribution is -0.377. The number of halogens is 4. The number of hydrogen-bond acceptors (Lipinski definition) is 9. The number of ether oxygens (including phenoxy) is 5. The van der Waals surface area contributed by atoms with Crippen LogP contribution in [0.5, 0.6) is 17.2 Å². The van der Waals surface area contributed by atoms with E-state index >= 15 is 0 Å². The largest absolute Gasteiger partial charge is 0.497 e. The van der Waals surface area contributed by atoms with Gasteiger partial charge in [-0.1, -0.05) is 47.5 Å². The molecule has 3 aliphatic heterocycles. The van der Waals surface area contributed by atoms with Crippen LogP contribution in [-0.4, -0.2) is 62.9 Å². The van der Waals surface area contributed by atoms with E-state index in [-0.39, 0.29) is 29.6 Å². The van der Waals surface area contributed by atoms with Gasteiger partial charge in [0.25, 0.3) is 0 Å². The number of nitrogens with one attached hydrogen (secondary N) is 2. The Morgan fingerprint density at radius 2 is 1.65 bits per heavy atom. The van der Waals surface area contributed by atoms with E-state index in [0.29, 0.717) is 63.2 Å². The molecule has 2 N–H and O–H groups in total. The van der Waals surface area contributed by atoms with Gasteiger partial charge in [-0.05, 0) is 104 Å². The number of aromatic nitrogens is 1. The summed E-state index contributed by atoms with van der Waals surface area (Å²) in [5.41, 5.74) is 2.29. The predicted molar refractivity (Wildman–Crippen MR) is 201 cm³/mol. The molecule has 0 radical (unpaired) electrons. The van der Waals surface area contributed by atoms with Gasteiger partial charge in [-0.15, -0.1) is 0 Å². The molecule has 4 heterocycles. The first-order valence-corrected chi connectivity index (χ1v) is 19.1. The average molecular weight is 798 g/mol. The number of benzene rings is 3. The Morgan fingerprint density at radius 3 is 2.31 bits per heavy atom. The van der Waals surface area contributed by atoms with Crippen molar-refractivity contribution in [2.75, 3.05) is 38.7 Å². The Balaban J connectivity index is 1.14. The molecular formula is C41H42Cl2F2N3O7+. The van der Waals surface area contributed by atoms with Crippen LogP contribution in [0.25, 0.3) is 0 Å². The molecule has 2 bridgehead atoms. The Bertz CT molecular complexity index is 1960. The molecule has 8 rings (SSSR count). The summed E-state index contributed by atoms with van der Waals surface area (Å²) < 4.78 is 54.9. The number of H-pyrrole nitrogens is 1. The number of carbonyl (C=O) groups excluding carboxylic acids is 2. The zero-order valence-corrected chi connectivity index (χ0v) is 31.7. The van der Waals surface area contributed by atoms with Crippen LogP contribution in [0.3, 0.4) is 0 Å². The fourth-order valence-electron chi connectivity index (χ4n) is 7.04. The second-order valence-corrected chi connectivity index (χ2v) is 14.9. The minimum atomic E-state index is -3.06. The van der Waals surface area contributed by atoms with Crippen LogP contribution in [0.1, 0.15) is 64.9 Å². The monoisotopic (exact) mass is 796 g/mol. The molecule has 3 atom stereocenters. The van der Waals surface area contributed by atoms with Crippen LogP contribution >= 0.6 is 23.2 Å². The lowest BCUT2D eigenvalue weighted by atomic mass is 9.86. The number of pyridine rings is 1. The Labute approximate surface area is 328 Å². The molecule has 10 nitrogen and oxygen atoms in total. The van der Waals surface area contributed by atoms with E-state index in [1.807, 2.05) is 0 Å². The zero-order valence-electron chi connectivity index (χ0n) is 30.2. The second kappa shape index (κ2) is 17.4. The van der Waals surface area contributed by atoms with Gasteiger partial charge in [0.2, 0.25) is 0 Å². The van der Waals surface area contributed by atoms with Crippen molar-refractivity contribution in [3.8, 4) is 17.2 Å². The third-order valence-electron chi connectivity index (χ3n) is 10.3. The minimum Gasteiger partial charge on any atom is -0.497 e. The number of carbonyl (C=O) groups is 2. The Hall–Kier alpha value is -4.65. The summed E-state index contributed by atoms with van der Waals surface area (Å²) in [5.74, 6) is 0.155. The third kappa shape index (κ3) is 9.78. The Morgan fingerprint density at radius 1 is 0.927 bits per heavy atom. The number of anilines is 1. The SMILES string of the molecule is COc1ccc(C(Nc2cccc(C(=O)O[C@@H](Cc3c(Cl)c[nH+]cc3Cl)c3ccc(OC(F)F)c(OCC4CC4)c3)c2)C(=O)O[C@H]2CN3CCC2CC3)cc1. The van der Waals surface area contributed by atoms with Crippen molar-refractivity contribution in [1.82, 2.24) is 4.90 Å². The van der Waals surface area contributed by atoms with Crippen molar-refractivity contribution in [2.24, 2.45) is 11.8 Å². The molecule has 3 saturated heterocycles. The molecule has 14 heteroatoms. The van der Waals surface area contributed by atoms with Crippen molar-refractivity contribution in [3.05, 3.63) is 111 Å². The normalized spacial score (nSPS) is 20.0. The van der Waals surface area contributed by atoms with Gasteiger partial charge in [0, 0.05) is 24.2 Å². The standard InChI is InChI=1S/C41H41Cl2F2N3O7/c1-51-30-10-7-26(8-11-30)38(40(50)54-37-22-48-15-13-25(37)14-16-48)47-29-4-2-3-28(17-29)39(49)53-35(19-31-32(42)20-46-21-33(31)43)27-9-12-34(55-41(44)45)36(18-27)52-23-24-5-6-24/h2-4,7-12,17-18,20-21,24-25,35,37-38,41,47H,5-6,13-16,19,22-23H2,1H3/p+1/t35-,37-,38?/m0/s1. The van der Waals surface area contributed by atoms with E-state index in [9.17, 15) is 18.4 Å². The van der Waals surface area contributed by atoms with Gasteiger partial charge in [-0.25, -0.2) is 14.6 Å². The molecule has 1 aromatic heterocycles. The van der Waals surface area contributed by atoms with Gasteiger partial charge in [0.05, 0.1) is 19.3 Å². The van der Waals surface area contributed by atoms with Crippen LogP contribution < -0.4 is 24.5 Å². The van der Waals surface area contributed by atoms with Crippen molar-refractivity contribution in [2.45, 2.75) is 57.0 Å². The molecule has 290 valence electrons.